The van der Waals surface area contributed by atoms with E-state index < -0.39 is 0 Å². The van der Waals surface area contributed by atoms with E-state index in [1.165, 1.54) is 0 Å². The van der Waals surface area contributed by atoms with Crippen LogP contribution in [0.2, 0.25) is 0 Å². The van der Waals surface area contributed by atoms with Crippen molar-refractivity contribution in [2.75, 3.05) is 31.6 Å². The molecule has 0 saturated carbocycles. The summed E-state index contributed by atoms with van der Waals surface area (Å²) in [6.07, 6.45) is 4.20. The van der Waals surface area contributed by atoms with E-state index in [2.05, 4.69) is 20.5 Å². The largest absolute Gasteiger partial charge is 0.343 e. The average Bonchev–Trinajstić information content (AvgIpc) is 3.04. The lowest BCUT2D eigenvalue weighted by molar-refractivity contribution is -0.130. The number of nitrogens with two attached hydrogens (primary N) is 1. The maximum Gasteiger partial charge on any atom is 0.277 e. The van der Waals surface area contributed by atoms with Crippen molar-refractivity contribution in [2.24, 2.45) is 5.84 Å². The summed E-state index contributed by atoms with van der Waals surface area (Å²) in [6, 6.07) is 0.598. The van der Waals surface area contributed by atoms with Crippen molar-refractivity contribution in [3.05, 3.63) is 5.89 Å². The van der Waals surface area contributed by atoms with Gasteiger partial charge in [0.2, 0.25) is 11.8 Å². The fourth-order valence-corrected chi connectivity index (χ4v) is 3.52. The lowest BCUT2D eigenvalue weighted by Crippen LogP contribution is -2.48. The van der Waals surface area contributed by atoms with Crippen LogP contribution < -0.4 is 11.3 Å². The Hall–Kier alpha value is -1.67. The molecule has 0 atom stereocenters. The highest BCUT2D eigenvalue weighted by molar-refractivity contribution is 5.73. The minimum absolute atomic E-state index is 0.192. The van der Waals surface area contributed by atoms with E-state index >= 15 is 0 Å². The van der Waals surface area contributed by atoms with Gasteiger partial charge in [0, 0.05) is 32.0 Å². The number of amides is 1. The van der Waals surface area contributed by atoms with Gasteiger partial charge < -0.3 is 14.3 Å². The molecule has 0 aliphatic carbocycles. The van der Waals surface area contributed by atoms with E-state index in [1.54, 1.807) is 6.92 Å². The molecular weight excluding hydrogens is 284 g/mol. The first kappa shape index (κ1) is 15.2. The van der Waals surface area contributed by atoms with Crippen LogP contribution in [-0.4, -0.2) is 58.1 Å². The zero-order valence-electron chi connectivity index (χ0n) is 13.0. The fraction of sp³-hybridized carbons (Fsp3) is 0.786. The van der Waals surface area contributed by atoms with Crippen molar-refractivity contribution >= 4 is 11.9 Å². The van der Waals surface area contributed by atoms with Gasteiger partial charge in [0.1, 0.15) is 0 Å². The molecule has 0 bridgehead atoms. The number of hydrogen-bond donors (Lipinski definition) is 2. The van der Waals surface area contributed by atoms with Gasteiger partial charge >= 0.3 is 0 Å². The van der Waals surface area contributed by atoms with Crippen LogP contribution in [0, 0.1) is 0 Å². The highest BCUT2D eigenvalue weighted by Crippen LogP contribution is 2.30. The molecule has 122 valence electrons. The number of nitrogens with zero attached hydrogens (tertiary/aromatic N) is 4. The Morgan fingerprint density at radius 3 is 2.45 bits per heavy atom. The maximum atomic E-state index is 11.4. The third-order valence-electron chi connectivity index (χ3n) is 4.88. The Morgan fingerprint density at radius 2 is 1.91 bits per heavy atom. The molecule has 3 heterocycles. The number of hydrogen-bond acceptors (Lipinski definition) is 7. The number of aromatic nitrogens is 2. The average molecular weight is 308 g/mol. The van der Waals surface area contributed by atoms with Crippen LogP contribution in [0.1, 0.15) is 44.4 Å². The highest BCUT2D eigenvalue weighted by atomic mass is 16.5. The zero-order valence-corrected chi connectivity index (χ0v) is 13.0. The Kier molecular flexibility index (Phi) is 4.58. The number of carbonyl (C=O) groups excluding carboxylic acids is 1. The van der Waals surface area contributed by atoms with E-state index in [9.17, 15) is 4.79 Å². The molecule has 8 nitrogen and oxygen atoms in total. The molecule has 1 amide bonds. The van der Waals surface area contributed by atoms with Crippen LogP contribution in [0.15, 0.2) is 4.52 Å². The number of hydrazine groups is 1. The summed E-state index contributed by atoms with van der Waals surface area (Å²) in [5.74, 6) is 6.81. The molecule has 2 saturated heterocycles. The first-order valence-corrected chi connectivity index (χ1v) is 7.97. The summed E-state index contributed by atoms with van der Waals surface area (Å²) in [5.41, 5.74) is 2.40. The number of carbonyl (C=O) groups is 1. The van der Waals surface area contributed by atoms with Gasteiger partial charge in [-0.1, -0.05) is 0 Å². The van der Waals surface area contributed by atoms with Gasteiger partial charge in [-0.2, -0.15) is 4.98 Å². The summed E-state index contributed by atoms with van der Waals surface area (Å²) in [7, 11) is 0. The summed E-state index contributed by atoms with van der Waals surface area (Å²) in [6.45, 7) is 5.51. The Bertz CT molecular complexity index is 503. The molecule has 2 fully saturated rings. The third-order valence-corrected chi connectivity index (χ3v) is 4.88. The standard InChI is InChI=1S/C14H24N6O2/c1-10(21)19-8-4-12(5-9-19)20-6-2-11(3-7-20)13-16-14(17-15)18-22-13/h11-12H,2-9,15H2,1H3,(H,17,18). The summed E-state index contributed by atoms with van der Waals surface area (Å²) >= 11 is 0. The van der Waals surface area contributed by atoms with E-state index in [0.717, 1.165) is 51.9 Å². The van der Waals surface area contributed by atoms with Gasteiger partial charge in [0.15, 0.2) is 0 Å². The number of nitrogen functional groups attached to an aromatic ring is 1. The predicted octanol–water partition coefficient (Wildman–Crippen LogP) is 0.546. The Balaban J connectivity index is 1.49. The molecule has 22 heavy (non-hydrogen) atoms. The molecule has 8 heteroatoms. The minimum Gasteiger partial charge on any atom is -0.343 e. The molecule has 3 rings (SSSR count). The highest BCUT2D eigenvalue weighted by Gasteiger charge is 2.31. The van der Waals surface area contributed by atoms with Gasteiger partial charge in [-0.25, -0.2) is 5.84 Å². The van der Waals surface area contributed by atoms with Gasteiger partial charge in [0.25, 0.3) is 5.95 Å². The van der Waals surface area contributed by atoms with E-state index in [0.29, 0.717) is 23.8 Å². The number of nitrogens with one attached hydrogen (secondary N) is 1. The van der Waals surface area contributed by atoms with Gasteiger partial charge in [-0.05, 0) is 43.9 Å². The van der Waals surface area contributed by atoms with Gasteiger partial charge in [0.05, 0.1) is 0 Å². The zero-order chi connectivity index (χ0) is 15.5. The van der Waals surface area contributed by atoms with Crippen molar-refractivity contribution < 1.29 is 9.32 Å². The minimum atomic E-state index is 0.192. The third kappa shape index (κ3) is 3.22. The number of anilines is 1. The molecule has 3 N–H and O–H groups in total. The van der Waals surface area contributed by atoms with E-state index in [1.807, 2.05) is 4.90 Å². The molecule has 1 aromatic heterocycles. The van der Waals surface area contributed by atoms with Crippen molar-refractivity contribution in [1.82, 2.24) is 19.9 Å². The van der Waals surface area contributed by atoms with Crippen molar-refractivity contribution in [3.8, 4) is 0 Å². The first-order valence-electron chi connectivity index (χ1n) is 7.97. The monoisotopic (exact) mass is 308 g/mol. The van der Waals surface area contributed by atoms with Gasteiger partial charge in [-0.3, -0.25) is 10.2 Å². The molecule has 1 aromatic rings. The fourth-order valence-electron chi connectivity index (χ4n) is 3.52. The van der Waals surface area contributed by atoms with Crippen LogP contribution in [0.4, 0.5) is 5.95 Å². The summed E-state index contributed by atoms with van der Waals surface area (Å²) in [4.78, 5) is 20.1. The molecule has 0 unspecified atom stereocenters. The number of likely N-dealkylation sites (tertiary alicyclic amines) is 2. The lowest BCUT2D eigenvalue weighted by atomic mass is 9.93. The molecule has 2 aliphatic heterocycles. The van der Waals surface area contributed by atoms with Crippen LogP contribution in [0.25, 0.3) is 0 Å². The number of rotatable bonds is 3. The van der Waals surface area contributed by atoms with E-state index in [-0.39, 0.29) is 5.91 Å². The van der Waals surface area contributed by atoms with E-state index in [4.69, 9.17) is 10.4 Å². The van der Waals surface area contributed by atoms with Crippen LogP contribution in [0.5, 0.6) is 0 Å². The summed E-state index contributed by atoms with van der Waals surface area (Å²) < 4.78 is 5.25. The first-order chi connectivity index (χ1) is 10.7. The van der Waals surface area contributed by atoms with Crippen LogP contribution in [0.3, 0.4) is 0 Å². The molecular formula is C14H24N6O2. The van der Waals surface area contributed by atoms with Crippen molar-refractivity contribution in [3.63, 3.8) is 0 Å². The van der Waals surface area contributed by atoms with Crippen molar-refractivity contribution in [1.29, 1.82) is 0 Å². The van der Waals surface area contributed by atoms with Crippen LogP contribution >= 0.6 is 0 Å². The Labute approximate surface area is 130 Å². The normalized spacial score (nSPS) is 22.0. The molecule has 0 aromatic carbocycles. The maximum absolute atomic E-state index is 11.4. The summed E-state index contributed by atoms with van der Waals surface area (Å²) in [5, 5.41) is 3.77. The Morgan fingerprint density at radius 1 is 1.23 bits per heavy atom. The topological polar surface area (TPSA) is 101 Å². The second-order valence-corrected chi connectivity index (χ2v) is 6.15. The lowest BCUT2D eigenvalue weighted by Gasteiger charge is -2.41. The second-order valence-electron chi connectivity index (χ2n) is 6.15. The smallest absolute Gasteiger partial charge is 0.277 e. The predicted molar refractivity (Wildman–Crippen MR) is 80.9 cm³/mol. The molecule has 0 radical (unpaired) electrons. The SMILES string of the molecule is CC(=O)N1CCC(N2CCC(c3nc(NN)no3)CC2)CC1. The van der Waals surface area contributed by atoms with Gasteiger partial charge in [-0.15, -0.1) is 0 Å². The quantitative estimate of drug-likeness (QED) is 0.621. The van der Waals surface area contributed by atoms with Crippen molar-refractivity contribution in [2.45, 2.75) is 44.6 Å². The van der Waals surface area contributed by atoms with Crippen LogP contribution in [-0.2, 0) is 4.79 Å². The molecule has 2 aliphatic rings. The second kappa shape index (κ2) is 6.62. The number of piperidine rings is 2. The molecule has 0 spiro atoms.